The lowest BCUT2D eigenvalue weighted by atomic mass is 10.2. The standard InChI is InChI=1S/C19H18ClN3O3/c1-11-16(12(2)26-23-11)10-25-15-6-3-13(4-7-15)19(24)22-14-5-8-17(20)18(21)9-14/h3-9H,10,21H2,1-2H3,(H,22,24). The molecule has 134 valence electrons. The Balaban J connectivity index is 1.63. The number of carbonyl (C=O) groups excluding carboxylic acids is 1. The van der Waals surface area contributed by atoms with E-state index >= 15 is 0 Å². The molecule has 0 aliphatic heterocycles. The lowest BCUT2D eigenvalue weighted by Crippen LogP contribution is -2.12. The zero-order valence-electron chi connectivity index (χ0n) is 14.4. The van der Waals surface area contributed by atoms with Crippen molar-refractivity contribution in [3.63, 3.8) is 0 Å². The number of carbonyl (C=O) groups is 1. The van der Waals surface area contributed by atoms with Crippen LogP contribution in [0.2, 0.25) is 5.02 Å². The van der Waals surface area contributed by atoms with Gasteiger partial charge in [0, 0.05) is 11.3 Å². The molecule has 2 aromatic carbocycles. The molecule has 1 amide bonds. The molecule has 0 saturated carbocycles. The summed E-state index contributed by atoms with van der Waals surface area (Å²) in [6, 6.07) is 11.8. The molecule has 0 aliphatic rings. The predicted octanol–water partition coefficient (Wildman–Crippen LogP) is 4.36. The van der Waals surface area contributed by atoms with Crippen LogP contribution in [-0.2, 0) is 6.61 Å². The minimum Gasteiger partial charge on any atom is -0.489 e. The highest BCUT2D eigenvalue weighted by atomic mass is 35.5. The number of rotatable bonds is 5. The summed E-state index contributed by atoms with van der Waals surface area (Å²) in [5.41, 5.74) is 8.96. The number of nitrogens with zero attached hydrogens (tertiary/aromatic N) is 1. The Kier molecular flexibility index (Phi) is 5.14. The molecule has 3 aromatic rings. The van der Waals surface area contributed by atoms with Crippen LogP contribution < -0.4 is 15.8 Å². The third-order valence-electron chi connectivity index (χ3n) is 3.93. The van der Waals surface area contributed by atoms with E-state index in [1.54, 1.807) is 42.5 Å². The van der Waals surface area contributed by atoms with Gasteiger partial charge in [-0.05, 0) is 56.3 Å². The van der Waals surface area contributed by atoms with E-state index in [0.29, 0.717) is 34.3 Å². The fourth-order valence-corrected chi connectivity index (χ4v) is 2.51. The normalized spacial score (nSPS) is 10.6. The van der Waals surface area contributed by atoms with Gasteiger partial charge >= 0.3 is 0 Å². The van der Waals surface area contributed by atoms with E-state index in [9.17, 15) is 4.79 Å². The average molecular weight is 372 g/mol. The van der Waals surface area contributed by atoms with Gasteiger partial charge in [-0.25, -0.2) is 0 Å². The Hall–Kier alpha value is -2.99. The van der Waals surface area contributed by atoms with E-state index in [2.05, 4.69) is 10.5 Å². The molecule has 0 radical (unpaired) electrons. The number of ether oxygens (including phenoxy) is 1. The van der Waals surface area contributed by atoms with Crippen molar-refractivity contribution in [3.05, 3.63) is 70.1 Å². The number of benzene rings is 2. The van der Waals surface area contributed by atoms with Crippen LogP contribution in [0, 0.1) is 13.8 Å². The van der Waals surface area contributed by atoms with Gasteiger partial charge in [0.1, 0.15) is 18.1 Å². The number of hydrogen-bond donors (Lipinski definition) is 2. The molecule has 3 N–H and O–H groups in total. The molecule has 0 fully saturated rings. The summed E-state index contributed by atoms with van der Waals surface area (Å²) in [6.07, 6.45) is 0. The van der Waals surface area contributed by atoms with Crippen LogP contribution in [0.1, 0.15) is 27.4 Å². The molecule has 0 bridgehead atoms. The average Bonchev–Trinajstić information content (AvgIpc) is 2.95. The molecule has 0 spiro atoms. The zero-order valence-corrected chi connectivity index (χ0v) is 15.1. The Morgan fingerprint density at radius 3 is 2.58 bits per heavy atom. The smallest absolute Gasteiger partial charge is 0.255 e. The summed E-state index contributed by atoms with van der Waals surface area (Å²) in [4.78, 5) is 12.3. The van der Waals surface area contributed by atoms with E-state index < -0.39 is 0 Å². The lowest BCUT2D eigenvalue weighted by molar-refractivity contribution is 0.102. The number of nitrogen functional groups attached to an aromatic ring is 1. The van der Waals surface area contributed by atoms with Crippen molar-refractivity contribution in [1.82, 2.24) is 5.16 Å². The SMILES string of the molecule is Cc1noc(C)c1COc1ccc(C(=O)Nc2ccc(Cl)c(N)c2)cc1. The van der Waals surface area contributed by atoms with Gasteiger partial charge in [0.05, 0.1) is 22.0 Å². The Morgan fingerprint density at radius 1 is 1.23 bits per heavy atom. The maximum absolute atomic E-state index is 12.3. The first-order valence-corrected chi connectivity index (χ1v) is 8.33. The lowest BCUT2D eigenvalue weighted by Gasteiger charge is -2.09. The molecule has 6 nitrogen and oxygen atoms in total. The Bertz CT molecular complexity index is 916. The van der Waals surface area contributed by atoms with Crippen LogP contribution in [0.5, 0.6) is 5.75 Å². The van der Waals surface area contributed by atoms with Crippen molar-refractivity contribution >= 4 is 28.9 Å². The topological polar surface area (TPSA) is 90.4 Å². The number of anilines is 2. The van der Waals surface area contributed by atoms with Crippen molar-refractivity contribution in [2.45, 2.75) is 20.5 Å². The predicted molar refractivity (Wildman–Crippen MR) is 101 cm³/mol. The van der Waals surface area contributed by atoms with Gasteiger partial charge in [-0.2, -0.15) is 0 Å². The first-order chi connectivity index (χ1) is 12.4. The van der Waals surface area contributed by atoms with Gasteiger partial charge in [0.15, 0.2) is 0 Å². The van der Waals surface area contributed by atoms with Gasteiger partial charge < -0.3 is 20.3 Å². The number of nitrogens with two attached hydrogens (primary N) is 1. The molecule has 26 heavy (non-hydrogen) atoms. The molecule has 0 unspecified atom stereocenters. The summed E-state index contributed by atoms with van der Waals surface area (Å²) < 4.78 is 10.8. The number of aromatic nitrogens is 1. The number of aryl methyl sites for hydroxylation is 2. The summed E-state index contributed by atoms with van der Waals surface area (Å²) >= 11 is 5.88. The van der Waals surface area contributed by atoms with Crippen LogP contribution in [0.25, 0.3) is 0 Å². The van der Waals surface area contributed by atoms with Crippen LogP contribution in [-0.4, -0.2) is 11.1 Å². The second-order valence-electron chi connectivity index (χ2n) is 5.81. The van der Waals surface area contributed by atoms with Gasteiger partial charge in [0.25, 0.3) is 5.91 Å². The highest BCUT2D eigenvalue weighted by molar-refractivity contribution is 6.33. The number of halogens is 1. The minimum atomic E-state index is -0.246. The van der Waals surface area contributed by atoms with Crippen molar-refractivity contribution in [1.29, 1.82) is 0 Å². The van der Waals surface area contributed by atoms with E-state index in [1.807, 2.05) is 13.8 Å². The van der Waals surface area contributed by atoms with Crippen LogP contribution in [0.15, 0.2) is 47.0 Å². The van der Waals surface area contributed by atoms with E-state index in [-0.39, 0.29) is 5.91 Å². The molecule has 7 heteroatoms. The summed E-state index contributed by atoms with van der Waals surface area (Å²) in [5.74, 6) is 1.14. The maximum Gasteiger partial charge on any atom is 0.255 e. The van der Waals surface area contributed by atoms with Crippen molar-refractivity contribution in [2.24, 2.45) is 0 Å². The van der Waals surface area contributed by atoms with Crippen LogP contribution in [0.3, 0.4) is 0 Å². The van der Waals surface area contributed by atoms with Gasteiger partial charge in [-0.1, -0.05) is 16.8 Å². The van der Waals surface area contributed by atoms with Crippen LogP contribution in [0.4, 0.5) is 11.4 Å². The Labute approximate surface area is 155 Å². The molecule has 0 atom stereocenters. The number of nitrogens with one attached hydrogen (secondary N) is 1. The fraction of sp³-hybridized carbons (Fsp3) is 0.158. The highest BCUT2D eigenvalue weighted by Crippen LogP contribution is 2.23. The van der Waals surface area contributed by atoms with Gasteiger partial charge in [0.2, 0.25) is 0 Å². The monoisotopic (exact) mass is 371 g/mol. The maximum atomic E-state index is 12.3. The molecule has 0 saturated heterocycles. The van der Waals surface area contributed by atoms with Crippen molar-refractivity contribution in [2.75, 3.05) is 11.1 Å². The second-order valence-corrected chi connectivity index (χ2v) is 6.21. The van der Waals surface area contributed by atoms with Crippen LogP contribution >= 0.6 is 11.6 Å². The molecule has 3 rings (SSSR count). The van der Waals surface area contributed by atoms with E-state index in [1.165, 1.54) is 0 Å². The molecule has 1 heterocycles. The van der Waals surface area contributed by atoms with E-state index in [4.69, 9.17) is 26.6 Å². The fourth-order valence-electron chi connectivity index (χ4n) is 2.39. The van der Waals surface area contributed by atoms with Gasteiger partial charge in [-0.3, -0.25) is 4.79 Å². The van der Waals surface area contributed by atoms with Crippen molar-refractivity contribution in [3.8, 4) is 5.75 Å². The largest absolute Gasteiger partial charge is 0.489 e. The quantitative estimate of drug-likeness (QED) is 0.650. The summed E-state index contributed by atoms with van der Waals surface area (Å²) in [6.45, 7) is 4.07. The molecular formula is C19H18ClN3O3. The highest BCUT2D eigenvalue weighted by Gasteiger charge is 2.11. The zero-order chi connectivity index (χ0) is 18.7. The summed E-state index contributed by atoms with van der Waals surface area (Å²) in [5, 5.41) is 7.12. The third-order valence-corrected chi connectivity index (χ3v) is 4.28. The molecular weight excluding hydrogens is 354 g/mol. The molecule has 1 aromatic heterocycles. The number of hydrogen-bond acceptors (Lipinski definition) is 5. The summed E-state index contributed by atoms with van der Waals surface area (Å²) in [7, 11) is 0. The Morgan fingerprint density at radius 2 is 1.96 bits per heavy atom. The second kappa shape index (κ2) is 7.49. The minimum absolute atomic E-state index is 0.246. The van der Waals surface area contributed by atoms with Gasteiger partial charge in [-0.15, -0.1) is 0 Å². The number of amides is 1. The first kappa shape index (κ1) is 17.8. The molecule has 0 aliphatic carbocycles. The third kappa shape index (κ3) is 3.97. The first-order valence-electron chi connectivity index (χ1n) is 7.95. The van der Waals surface area contributed by atoms with E-state index in [0.717, 1.165) is 17.0 Å². The van der Waals surface area contributed by atoms with Crippen molar-refractivity contribution < 1.29 is 14.1 Å².